The fraction of sp³-hybridized carbons (Fsp3) is 0.829. The maximum atomic E-state index is 6.50. The molecule has 40 heavy (non-hydrogen) atoms. The first kappa shape index (κ1) is 36.2. The van der Waals surface area contributed by atoms with Crippen molar-refractivity contribution >= 4 is 31.8 Å². The van der Waals surface area contributed by atoms with Gasteiger partial charge in [-0.1, -0.05) is 104 Å². The van der Waals surface area contributed by atoms with Gasteiger partial charge in [-0.15, -0.1) is 23.5 Å². The van der Waals surface area contributed by atoms with Gasteiger partial charge in [0.2, 0.25) is 0 Å². The van der Waals surface area contributed by atoms with Crippen molar-refractivity contribution in [2.45, 2.75) is 135 Å². The number of hydrogen-bond donors (Lipinski definition) is 0. The lowest BCUT2D eigenvalue weighted by atomic mass is 9.90. The Morgan fingerprint density at radius 2 is 1.27 bits per heavy atom. The monoisotopic (exact) mass is 608 g/mol. The molecule has 0 aliphatic carbocycles. The normalized spacial score (nSPS) is 19.2. The summed E-state index contributed by atoms with van der Waals surface area (Å²) < 4.78 is 12.9. The highest BCUT2D eigenvalue weighted by Gasteiger charge is 2.38. The summed E-state index contributed by atoms with van der Waals surface area (Å²) in [6, 6.07) is 10.5. The zero-order chi connectivity index (χ0) is 29.7. The van der Waals surface area contributed by atoms with Crippen molar-refractivity contribution in [3.05, 3.63) is 35.9 Å². The lowest BCUT2D eigenvalue weighted by molar-refractivity contribution is 0.0883. The molecule has 1 heterocycles. The molecule has 0 radical (unpaired) electrons. The lowest BCUT2D eigenvalue weighted by Gasteiger charge is -2.40. The number of benzene rings is 1. The van der Waals surface area contributed by atoms with Crippen LogP contribution in [0.3, 0.4) is 0 Å². The molecule has 4 atom stereocenters. The van der Waals surface area contributed by atoms with Crippen molar-refractivity contribution in [2.24, 2.45) is 23.7 Å². The Morgan fingerprint density at radius 1 is 0.775 bits per heavy atom. The summed E-state index contributed by atoms with van der Waals surface area (Å²) in [6.45, 7) is 24.1. The van der Waals surface area contributed by atoms with Gasteiger partial charge in [0, 0.05) is 13.2 Å². The third-order valence-corrected chi connectivity index (χ3v) is 17.1. The second-order valence-electron chi connectivity index (χ2n) is 14.7. The molecule has 1 saturated heterocycles. The van der Waals surface area contributed by atoms with Crippen LogP contribution in [0.1, 0.15) is 112 Å². The van der Waals surface area contributed by atoms with Gasteiger partial charge < -0.3 is 9.16 Å². The fourth-order valence-electron chi connectivity index (χ4n) is 5.52. The Morgan fingerprint density at radius 3 is 1.80 bits per heavy atom. The van der Waals surface area contributed by atoms with Crippen LogP contribution in [0.4, 0.5) is 0 Å². The highest BCUT2D eigenvalue weighted by Crippen LogP contribution is 2.51. The summed E-state index contributed by atoms with van der Waals surface area (Å²) in [5.74, 6) is 5.61. The van der Waals surface area contributed by atoms with Crippen LogP contribution in [0.25, 0.3) is 0 Å². The van der Waals surface area contributed by atoms with E-state index >= 15 is 0 Å². The molecule has 0 unspecified atom stereocenters. The van der Waals surface area contributed by atoms with Crippen molar-refractivity contribution < 1.29 is 9.16 Å². The smallest absolute Gasteiger partial charge is 0.191 e. The molecular weight excluding hydrogens is 545 g/mol. The Hall–Kier alpha value is 0.0569. The van der Waals surface area contributed by atoms with Gasteiger partial charge in [-0.25, -0.2) is 0 Å². The van der Waals surface area contributed by atoms with Crippen LogP contribution in [0.15, 0.2) is 30.3 Å². The molecule has 2 rings (SSSR count). The zero-order valence-corrected chi connectivity index (χ0v) is 30.4. The first-order chi connectivity index (χ1) is 18.8. The summed E-state index contributed by atoms with van der Waals surface area (Å²) in [4.78, 5) is 0. The minimum atomic E-state index is -1.63. The van der Waals surface area contributed by atoms with E-state index in [1.54, 1.807) is 0 Å². The molecule has 0 spiro atoms. The van der Waals surface area contributed by atoms with E-state index in [1.807, 2.05) is 0 Å². The first-order valence-corrected chi connectivity index (χ1v) is 21.2. The lowest BCUT2D eigenvalue weighted by Crippen LogP contribution is -2.41. The van der Waals surface area contributed by atoms with Gasteiger partial charge in [0.25, 0.3) is 0 Å². The van der Waals surface area contributed by atoms with Gasteiger partial charge in [-0.2, -0.15) is 0 Å². The average Bonchev–Trinajstić information content (AvgIpc) is 2.88. The van der Waals surface area contributed by atoms with Crippen molar-refractivity contribution in [3.8, 4) is 0 Å². The third-order valence-electron chi connectivity index (χ3n) is 9.17. The van der Waals surface area contributed by atoms with E-state index in [1.165, 1.54) is 74.9 Å². The van der Waals surface area contributed by atoms with E-state index in [0.29, 0.717) is 21.0 Å². The molecule has 0 N–H and O–H groups in total. The highest BCUT2D eigenvalue weighted by molar-refractivity contribution is 8.18. The maximum Gasteiger partial charge on any atom is 0.191 e. The van der Waals surface area contributed by atoms with Crippen LogP contribution in [-0.2, 0) is 15.8 Å². The molecule has 232 valence electrons. The van der Waals surface area contributed by atoms with Crippen LogP contribution in [0, 0.1) is 23.7 Å². The van der Waals surface area contributed by atoms with Crippen molar-refractivity contribution in [1.82, 2.24) is 0 Å². The number of ether oxygens (including phenoxy) is 1. The summed E-state index contributed by atoms with van der Waals surface area (Å²) in [5, 5.41) is 0.303. The molecule has 1 aromatic rings. The van der Waals surface area contributed by atoms with Crippen molar-refractivity contribution in [2.75, 3.05) is 24.7 Å². The highest BCUT2D eigenvalue weighted by atomic mass is 32.2. The average molecular weight is 609 g/mol. The van der Waals surface area contributed by atoms with Crippen LogP contribution >= 0.6 is 23.5 Å². The van der Waals surface area contributed by atoms with Gasteiger partial charge in [0.15, 0.2) is 8.32 Å². The van der Waals surface area contributed by atoms with Crippen LogP contribution in [0.2, 0.25) is 18.1 Å². The van der Waals surface area contributed by atoms with E-state index in [9.17, 15) is 0 Å². The Kier molecular flexibility index (Phi) is 16.3. The molecule has 1 aromatic carbocycles. The predicted octanol–water partition coefficient (Wildman–Crippen LogP) is 11.5. The standard InChI is InChI=1S/C35H64O2S2Si/c1-29(16-13-18-31(3)26-36-28-33-20-11-10-12-21-33)24-35(38-22-15-23-39-35)25-30(2)17-14-19-32(4)27-37-40(8,9)34(5,6)7/h10-12,20-21,29-32H,13-19,22-28H2,1-9H3/t29-,30+,31+,32-/m0/s1. The van der Waals surface area contributed by atoms with Gasteiger partial charge in [-0.05, 0) is 91.0 Å². The van der Waals surface area contributed by atoms with E-state index in [4.69, 9.17) is 9.16 Å². The number of rotatable bonds is 19. The maximum absolute atomic E-state index is 6.50. The quantitative estimate of drug-likeness (QED) is 0.145. The van der Waals surface area contributed by atoms with E-state index < -0.39 is 8.32 Å². The zero-order valence-electron chi connectivity index (χ0n) is 27.7. The van der Waals surface area contributed by atoms with Gasteiger partial charge in [0.1, 0.15) is 0 Å². The Balaban J connectivity index is 1.69. The SMILES string of the molecule is C[C@H](CCC[C@H](C)CC1(C[C@H](C)CCC[C@H](C)CO[Si](C)(C)C(C)(C)C)SCCCS1)COCc1ccccc1. The van der Waals surface area contributed by atoms with E-state index in [-0.39, 0.29) is 0 Å². The van der Waals surface area contributed by atoms with Crippen molar-refractivity contribution in [1.29, 1.82) is 0 Å². The predicted molar refractivity (Wildman–Crippen MR) is 185 cm³/mol. The molecule has 5 heteroatoms. The molecule has 1 aliphatic rings. The molecule has 0 bridgehead atoms. The second kappa shape index (κ2) is 18.0. The summed E-state index contributed by atoms with van der Waals surface area (Å²) in [7, 11) is -1.63. The molecule has 0 saturated carbocycles. The molecule has 1 fully saturated rings. The third kappa shape index (κ3) is 14.0. The van der Waals surface area contributed by atoms with Crippen LogP contribution in [0.5, 0.6) is 0 Å². The van der Waals surface area contributed by atoms with Gasteiger partial charge in [-0.3, -0.25) is 0 Å². The van der Waals surface area contributed by atoms with Gasteiger partial charge >= 0.3 is 0 Å². The summed E-state index contributed by atoms with van der Waals surface area (Å²) >= 11 is 4.59. The number of thioether (sulfide) groups is 2. The van der Waals surface area contributed by atoms with Crippen LogP contribution < -0.4 is 0 Å². The largest absolute Gasteiger partial charge is 0.417 e. The number of hydrogen-bond acceptors (Lipinski definition) is 4. The minimum Gasteiger partial charge on any atom is -0.417 e. The molecule has 2 nitrogen and oxygen atoms in total. The first-order valence-electron chi connectivity index (χ1n) is 16.4. The minimum absolute atomic E-state index is 0.303. The topological polar surface area (TPSA) is 18.5 Å². The Bertz CT molecular complexity index is 788. The Labute approximate surface area is 259 Å². The molecule has 1 aliphatic heterocycles. The molecule has 0 amide bonds. The van der Waals surface area contributed by atoms with Crippen LogP contribution in [-0.4, -0.2) is 37.1 Å². The summed E-state index contributed by atoms with van der Waals surface area (Å²) in [5.41, 5.74) is 1.27. The fourth-order valence-corrected chi connectivity index (χ4v) is 10.6. The molecular formula is C35H64O2S2Si. The summed E-state index contributed by atoms with van der Waals surface area (Å²) in [6.07, 6.45) is 12.1. The second-order valence-corrected chi connectivity index (χ2v) is 22.7. The van der Waals surface area contributed by atoms with Gasteiger partial charge in [0.05, 0.1) is 10.7 Å². The van der Waals surface area contributed by atoms with Crippen molar-refractivity contribution in [3.63, 3.8) is 0 Å². The van der Waals surface area contributed by atoms with E-state index in [2.05, 4.69) is 115 Å². The molecule has 0 aromatic heterocycles. The van der Waals surface area contributed by atoms with E-state index in [0.717, 1.165) is 31.7 Å².